The smallest absolute Gasteiger partial charge is 0.244 e. The molecule has 168 valence electrons. The van der Waals surface area contributed by atoms with Crippen molar-refractivity contribution in [2.75, 3.05) is 13.1 Å². The molecule has 0 aliphatic carbocycles. The van der Waals surface area contributed by atoms with Crippen molar-refractivity contribution in [3.8, 4) is 0 Å². The highest BCUT2D eigenvalue weighted by Gasteiger charge is 2.29. The molecule has 0 spiro atoms. The summed E-state index contributed by atoms with van der Waals surface area (Å²) < 4.78 is 1.19. The van der Waals surface area contributed by atoms with Gasteiger partial charge in [0, 0.05) is 19.0 Å². The van der Waals surface area contributed by atoms with Crippen LogP contribution < -0.4 is 5.32 Å². The molecule has 1 fully saturated rings. The minimum absolute atomic E-state index is 0.0212. The summed E-state index contributed by atoms with van der Waals surface area (Å²) in [7, 11) is 0. The van der Waals surface area contributed by atoms with Gasteiger partial charge in [-0.1, -0.05) is 54.6 Å². The van der Waals surface area contributed by atoms with Gasteiger partial charge < -0.3 is 10.2 Å². The summed E-state index contributed by atoms with van der Waals surface area (Å²) in [5.41, 5.74) is 1.99. The Balaban J connectivity index is 1.22. The van der Waals surface area contributed by atoms with E-state index in [4.69, 9.17) is 4.98 Å². The molecule has 0 radical (unpaired) electrons. The van der Waals surface area contributed by atoms with E-state index in [1.807, 2.05) is 65.6 Å². The summed E-state index contributed by atoms with van der Waals surface area (Å²) in [6.45, 7) is 3.16. The van der Waals surface area contributed by atoms with Crippen LogP contribution in [0, 0.1) is 0 Å². The van der Waals surface area contributed by atoms with E-state index in [0.717, 1.165) is 46.2 Å². The molecule has 5 nitrogen and oxygen atoms in total. The Labute approximate surface area is 197 Å². The molecule has 2 amide bonds. The average molecular weight is 458 g/mol. The minimum atomic E-state index is -0.554. The number of nitrogens with zero attached hydrogens (tertiary/aromatic N) is 2. The van der Waals surface area contributed by atoms with Crippen LogP contribution in [0.15, 0.2) is 66.7 Å². The maximum Gasteiger partial charge on any atom is 0.244 e. The first kappa shape index (κ1) is 21.6. The molecule has 1 aliphatic heterocycles. The van der Waals surface area contributed by atoms with E-state index in [1.54, 1.807) is 18.3 Å². The lowest BCUT2D eigenvalue weighted by Crippen LogP contribution is -2.50. The largest absolute Gasteiger partial charge is 0.344 e. The SMILES string of the molecule is C[C@@H](NC(=O)Cc1cccc2ccccc12)C(=O)N1CCC[C@H](c2nc3ccccc3s2)C1. The molecule has 3 aromatic carbocycles. The van der Waals surface area contributed by atoms with Crippen molar-refractivity contribution in [2.24, 2.45) is 0 Å². The van der Waals surface area contributed by atoms with Gasteiger partial charge in [0.2, 0.25) is 11.8 Å². The highest BCUT2D eigenvalue weighted by atomic mass is 32.1. The molecule has 1 aromatic heterocycles. The molecule has 1 saturated heterocycles. The van der Waals surface area contributed by atoms with Gasteiger partial charge in [-0.3, -0.25) is 9.59 Å². The summed E-state index contributed by atoms with van der Waals surface area (Å²) in [5.74, 6) is 0.0951. The Kier molecular flexibility index (Phi) is 6.09. The van der Waals surface area contributed by atoms with E-state index >= 15 is 0 Å². The molecule has 5 rings (SSSR count). The van der Waals surface area contributed by atoms with Gasteiger partial charge in [-0.25, -0.2) is 4.98 Å². The number of nitrogens with one attached hydrogen (secondary N) is 1. The highest BCUT2D eigenvalue weighted by molar-refractivity contribution is 7.18. The molecular weight excluding hydrogens is 430 g/mol. The summed E-state index contributed by atoms with van der Waals surface area (Å²) >= 11 is 1.72. The van der Waals surface area contributed by atoms with E-state index in [1.165, 1.54) is 4.70 Å². The van der Waals surface area contributed by atoms with Crippen molar-refractivity contribution in [1.29, 1.82) is 0 Å². The molecular formula is C27H27N3O2S. The van der Waals surface area contributed by atoms with Gasteiger partial charge in [0.05, 0.1) is 21.6 Å². The van der Waals surface area contributed by atoms with E-state index < -0.39 is 6.04 Å². The number of likely N-dealkylation sites (tertiary alicyclic amines) is 1. The summed E-state index contributed by atoms with van der Waals surface area (Å²) in [5, 5.41) is 6.21. The number of piperidine rings is 1. The Morgan fingerprint density at radius 1 is 1.09 bits per heavy atom. The number of para-hydroxylation sites is 1. The number of fused-ring (bicyclic) bond motifs is 2. The quantitative estimate of drug-likeness (QED) is 0.464. The molecule has 0 unspecified atom stereocenters. The van der Waals surface area contributed by atoms with Crippen LogP contribution >= 0.6 is 11.3 Å². The Hall–Kier alpha value is -3.25. The topological polar surface area (TPSA) is 62.3 Å². The number of thiazole rings is 1. The maximum atomic E-state index is 13.1. The van der Waals surface area contributed by atoms with Gasteiger partial charge in [-0.15, -0.1) is 11.3 Å². The fourth-order valence-corrected chi connectivity index (χ4v) is 5.78. The molecule has 4 aromatic rings. The highest BCUT2D eigenvalue weighted by Crippen LogP contribution is 2.33. The molecule has 0 saturated carbocycles. The van der Waals surface area contributed by atoms with Gasteiger partial charge in [0.25, 0.3) is 0 Å². The van der Waals surface area contributed by atoms with Crippen LogP contribution in [0.5, 0.6) is 0 Å². The third-order valence-corrected chi connectivity index (χ3v) is 7.57. The summed E-state index contributed by atoms with van der Waals surface area (Å²) in [4.78, 5) is 32.6. The van der Waals surface area contributed by atoms with Crippen molar-refractivity contribution in [3.05, 3.63) is 77.3 Å². The number of hydrogen-bond donors (Lipinski definition) is 1. The first-order chi connectivity index (χ1) is 16.1. The third-order valence-electron chi connectivity index (χ3n) is 6.37. The van der Waals surface area contributed by atoms with Crippen LogP contribution in [0.25, 0.3) is 21.0 Å². The van der Waals surface area contributed by atoms with Crippen molar-refractivity contribution < 1.29 is 9.59 Å². The number of carbonyl (C=O) groups excluding carboxylic acids is 2. The van der Waals surface area contributed by atoms with Gasteiger partial charge in [0.15, 0.2) is 0 Å². The van der Waals surface area contributed by atoms with Crippen LogP contribution in [0.1, 0.15) is 36.3 Å². The predicted octanol–water partition coefficient (Wildman–Crippen LogP) is 4.90. The number of aromatic nitrogens is 1. The molecule has 2 heterocycles. The van der Waals surface area contributed by atoms with E-state index in [9.17, 15) is 9.59 Å². The lowest BCUT2D eigenvalue weighted by Gasteiger charge is -2.33. The molecule has 0 bridgehead atoms. The Morgan fingerprint density at radius 3 is 2.76 bits per heavy atom. The normalized spacial score (nSPS) is 17.2. The zero-order chi connectivity index (χ0) is 22.8. The van der Waals surface area contributed by atoms with E-state index in [2.05, 4.69) is 11.4 Å². The van der Waals surface area contributed by atoms with Crippen molar-refractivity contribution in [3.63, 3.8) is 0 Å². The van der Waals surface area contributed by atoms with Crippen LogP contribution in [-0.2, 0) is 16.0 Å². The van der Waals surface area contributed by atoms with Crippen molar-refractivity contribution in [1.82, 2.24) is 15.2 Å². The van der Waals surface area contributed by atoms with Crippen LogP contribution in [-0.4, -0.2) is 40.8 Å². The summed E-state index contributed by atoms with van der Waals surface area (Å²) in [6, 6.07) is 21.6. The monoisotopic (exact) mass is 457 g/mol. The Morgan fingerprint density at radius 2 is 1.88 bits per heavy atom. The summed E-state index contributed by atoms with van der Waals surface area (Å²) in [6.07, 6.45) is 2.24. The fourth-order valence-electron chi connectivity index (χ4n) is 4.69. The average Bonchev–Trinajstić information content (AvgIpc) is 3.28. The Bertz CT molecular complexity index is 1280. The number of amides is 2. The second kappa shape index (κ2) is 9.32. The van der Waals surface area contributed by atoms with Crippen molar-refractivity contribution >= 4 is 44.1 Å². The van der Waals surface area contributed by atoms with Crippen molar-refractivity contribution in [2.45, 2.75) is 38.1 Å². The van der Waals surface area contributed by atoms with E-state index in [-0.39, 0.29) is 24.2 Å². The lowest BCUT2D eigenvalue weighted by atomic mass is 9.98. The predicted molar refractivity (Wildman–Crippen MR) is 133 cm³/mol. The van der Waals surface area contributed by atoms with Gasteiger partial charge in [-0.2, -0.15) is 0 Å². The molecule has 33 heavy (non-hydrogen) atoms. The van der Waals surface area contributed by atoms with Gasteiger partial charge in [0.1, 0.15) is 6.04 Å². The first-order valence-electron chi connectivity index (χ1n) is 11.5. The van der Waals surface area contributed by atoms with E-state index in [0.29, 0.717) is 6.54 Å². The van der Waals surface area contributed by atoms with Crippen LogP contribution in [0.2, 0.25) is 0 Å². The first-order valence-corrected chi connectivity index (χ1v) is 12.3. The number of carbonyl (C=O) groups is 2. The maximum absolute atomic E-state index is 13.1. The number of hydrogen-bond acceptors (Lipinski definition) is 4. The van der Waals surface area contributed by atoms with Gasteiger partial charge in [-0.05, 0) is 48.2 Å². The third kappa shape index (κ3) is 4.62. The van der Waals surface area contributed by atoms with Crippen LogP contribution in [0.4, 0.5) is 0 Å². The minimum Gasteiger partial charge on any atom is -0.344 e. The second-order valence-corrected chi connectivity index (χ2v) is 9.81. The fraction of sp³-hybridized carbons (Fsp3) is 0.296. The van der Waals surface area contributed by atoms with Crippen LogP contribution in [0.3, 0.4) is 0 Å². The standard InChI is InChI=1S/C27H27N3O2S/c1-18(28-25(31)16-20-10-6-9-19-8-2-3-12-22(19)20)27(32)30-15-7-11-21(17-30)26-29-23-13-4-5-14-24(23)33-26/h2-6,8-10,12-14,18,21H,7,11,15-17H2,1H3,(H,28,31)/t18-,21+/m1/s1. The zero-order valence-electron chi connectivity index (χ0n) is 18.7. The van der Waals surface area contributed by atoms with Gasteiger partial charge >= 0.3 is 0 Å². The number of benzene rings is 3. The second-order valence-electron chi connectivity index (χ2n) is 8.75. The molecule has 2 atom stereocenters. The number of rotatable bonds is 5. The zero-order valence-corrected chi connectivity index (χ0v) is 19.5. The molecule has 6 heteroatoms. The molecule has 1 N–H and O–H groups in total. The molecule has 1 aliphatic rings. The lowest BCUT2D eigenvalue weighted by molar-refractivity contribution is -0.136.